The van der Waals surface area contributed by atoms with Crippen LogP contribution in [0.25, 0.3) is 0 Å². The highest BCUT2D eigenvalue weighted by atomic mass is 16.5. The smallest absolute Gasteiger partial charge is 0.262 e. The number of carbonyl (C=O) groups is 2. The van der Waals surface area contributed by atoms with Crippen LogP contribution in [-0.4, -0.2) is 67.8 Å². The Hall–Kier alpha value is -3.46. The minimum atomic E-state index is -0.255. The third-order valence-electron chi connectivity index (χ3n) is 6.77. The molecule has 3 N–H and O–H groups in total. The lowest BCUT2D eigenvalue weighted by Crippen LogP contribution is -2.33. The molecule has 0 bridgehead atoms. The fraction of sp³-hybridized carbons (Fsp3) is 0.462. The maximum atomic E-state index is 11.7. The monoisotopic (exact) mass is 480 g/mol. The number of rotatable bonds is 7. The molecule has 186 valence electrons. The van der Waals surface area contributed by atoms with Crippen LogP contribution in [0.3, 0.4) is 0 Å². The minimum Gasteiger partial charge on any atom is -0.506 e. The number of phenolic OH excluding ortho intramolecular Hbond substituents is 1. The number of fused-ring (bicyclic) bond motifs is 2. The molecular weight excluding hydrogens is 448 g/mol. The van der Waals surface area contributed by atoms with Gasteiger partial charge in [-0.05, 0) is 62.5 Å². The minimum absolute atomic E-state index is 0.0237. The first-order valence-corrected chi connectivity index (χ1v) is 12.4. The van der Waals surface area contributed by atoms with Gasteiger partial charge in [-0.25, -0.2) is 0 Å². The van der Waals surface area contributed by atoms with Crippen molar-refractivity contribution in [2.75, 3.05) is 61.5 Å². The Morgan fingerprint density at radius 2 is 1.89 bits per heavy atom. The summed E-state index contributed by atoms with van der Waals surface area (Å²) >= 11 is 0. The molecule has 9 heteroatoms. The van der Waals surface area contributed by atoms with Crippen LogP contribution in [0.5, 0.6) is 17.2 Å². The quantitative estimate of drug-likeness (QED) is 0.414. The van der Waals surface area contributed by atoms with E-state index in [1.54, 1.807) is 6.07 Å². The third-order valence-corrected chi connectivity index (χ3v) is 6.77. The first-order valence-electron chi connectivity index (χ1n) is 12.4. The van der Waals surface area contributed by atoms with E-state index in [4.69, 9.17) is 9.47 Å². The second kappa shape index (κ2) is 10.4. The van der Waals surface area contributed by atoms with Gasteiger partial charge in [0.2, 0.25) is 5.91 Å². The summed E-state index contributed by atoms with van der Waals surface area (Å²) in [5.41, 5.74) is 3.31. The van der Waals surface area contributed by atoms with Crippen molar-refractivity contribution in [3.05, 3.63) is 35.9 Å². The Morgan fingerprint density at radius 1 is 0.971 bits per heavy atom. The van der Waals surface area contributed by atoms with Gasteiger partial charge in [-0.15, -0.1) is 0 Å². The molecule has 2 aromatic rings. The van der Waals surface area contributed by atoms with E-state index < -0.39 is 0 Å². The number of phenols is 1. The predicted octanol–water partition coefficient (Wildman–Crippen LogP) is 2.98. The van der Waals surface area contributed by atoms with Crippen molar-refractivity contribution < 1.29 is 24.2 Å². The Morgan fingerprint density at radius 3 is 2.80 bits per heavy atom. The lowest BCUT2D eigenvalue weighted by Gasteiger charge is -2.29. The summed E-state index contributed by atoms with van der Waals surface area (Å²) in [4.78, 5) is 28.0. The molecule has 1 fully saturated rings. The summed E-state index contributed by atoms with van der Waals surface area (Å²) in [7, 11) is 0. The number of unbranched alkanes of at least 4 members (excludes halogenated alkanes) is 1. The van der Waals surface area contributed by atoms with Gasteiger partial charge < -0.3 is 35.0 Å². The highest BCUT2D eigenvalue weighted by molar-refractivity contribution is 5.99. The van der Waals surface area contributed by atoms with Crippen LogP contribution in [-0.2, 0) is 16.0 Å². The van der Waals surface area contributed by atoms with Crippen molar-refractivity contribution in [2.45, 2.75) is 32.1 Å². The van der Waals surface area contributed by atoms with Crippen LogP contribution in [0.4, 0.5) is 17.1 Å². The van der Waals surface area contributed by atoms with E-state index >= 15 is 0 Å². The van der Waals surface area contributed by atoms with Gasteiger partial charge in [0.1, 0.15) is 17.2 Å². The van der Waals surface area contributed by atoms with Crippen LogP contribution in [0.2, 0.25) is 0 Å². The number of anilines is 3. The van der Waals surface area contributed by atoms with Crippen LogP contribution in [0, 0.1) is 0 Å². The van der Waals surface area contributed by atoms with Gasteiger partial charge in [0, 0.05) is 37.8 Å². The van der Waals surface area contributed by atoms with E-state index in [0.29, 0.717) is 24.5 Å². The number of nitrogens with zero attached hydrogens (tertiary/aromatic N) is 2. The maximum Gasteiger partial charge on any atom is 0.262 e. The first-order chi connectivity index (χ1) is 17.1. The van der Waals surface area contributed by atoms with Gasteiger partial charge in [0.25, 0.3) is 5.91 Å². The van der Waals surface area contributed by atoms with Crippen LogP contribution < -0.4 is 25.0 Å². The van der Waals surface area contributed by atoms with E-state index in [1.165, 1.54) is 0 Å². The summed E-state index contributed by atoms with van der Waals surface area (Å²) in [5.74, 6) is 1.18. The number of aromatic hydroxyl groups is 1. The Labute approximate surface area is 205 Å². The molecule has 1 saturated heterocycles. The van der Waals surface area contributed by atoms with Gasteiger partial charge in [0.05, 0.1) is 12.3 Å². The van der Waals surface area contributed by atoms with Crippen molar-refractivity contribution in [3.8, 4) is 17.2 Å². The van der Waals surface area contributed by atoms with Crippen molar-refractivity contribution in [2.24, 2.45) is 0 Å². The topological polar surface area (TPSA) is 103 Å². The number of hydrogen-bond acceptors (Lipinski definition) is 7. The number of ether oxygens (including phenoxy) is 2. The van der Waals surface area contributed by atoms with Gasteiger partial charge in [-0.2, -0.15) is 0 Å². The second-order valence-electron chi connectivity index (χ2n) is 9.25. The fourth-order valence-corrected chi connectivity index (χ4v) is 4.89. The molecule has 3 heterocycles. The van der Waals surface area contributed by atoms with Crippen LogP contribution >= 0.6 is 0 Å². The molecule has 3 aliphatic heterocycles. The molecule has 3 aliphatic rings. The second-order valence-corrected chi connectivity index (χ2v) is 9.25. The molecule has 0 atom stereocenters. The number of amides is 2. The molecule has 35 heavy (non-hydrogen) atoms. The fourth-order valence-electron chi connectivity index (χ4n) is 4.89. The Kier molecular flexibility index (Phi) is 6.94. The number of nitrogens with one attached hydrogen (secondary N) is 2. The summed E-state index contributed by atoms with van der Waals surface area (Å²) < 4.78 is 11.6. The number of hydrogen-bond donors (Lipinski definition) is 3. The number of carbonyl (C=O) groups excluding carboxylic acids is 2. The molecule has 0 unspecified atom stereocenters. The van der Waals surface area contributed by atoms with E-state index in [0.717, 1.165) is 81.1 Å². The average molecular weight is 481 g/mol. The predicted molar refractivity (Wildman–Crippen MR) is 134 cm³/mol. The van der Waals surface area contributed by atoms with Crippen molar-refractivity contribution in [1.82, 2.24) is 4.90 Å². The van der Waals surface area contributed by atoms with Crippen molar-refractivity contribution in [1.29, 1.82) is 0 Å². The van der Waals surface area contributed by atoms with E-state index in [9.17, 15) is 14.7 Å². The molecule has 2 amide bonds. The van der Waals surface area contributed by atoms with Gasteiger partial charge >= 0.3 is 0 Å². The molecule has 0 aromatic heterocycles. The average Bonchev–Trinajstić information content (AvgIpc) is 3.10. The first kappa shape index (κ1) is 23.3. The maximum absolute atomic E-state index is 11.7. The Bertz CT molecular complexity index is 1110. The lowest BCUT2D eigenvalue weighted by atomic mass is 10.0. The van der Waals surface area contributed by atoms with E-state index in [-0.39, 0.29) is 24.2 Å². The molecule has 0 radical (unpaired) electrons. The highest BCUT2D eigenvalue weighted by Gasteiger charge is 2.26. The van der Waals surface area contributed by atoms with E-state index in [2.05, 4.69) is 20.4 Å². The van der Waals surface area contributed by atoms with Gasteiger partial charge in [-0.1, -0.05) is 6.07 Å². The van der Waals surface area contributed by atoms with Crippen molar-refractivity contribution >= 4 is 28.9 Å². The standard InChI is InChI=1S/C26H32N4O5/c31-22-8-7-21(26-25(22)28-24(33)17-35-26)30-12-3-11-29(13-14-30)10-1-2-15-34-19-6-4-18-5-9-23(32)27-20(18)16-19/h4,6-8,16,31H,1-3,5,9-15,17H2,(H,27,32)(H,28,33). The summed E-state index contributed by atoms with van der Waals surface area (Å²) in [6.45, 7) is 5.33. The molecule has 5 rings (SSSR count). The molecule has 9 nitrogen and oxygen atoms in total. The zero-order valence-corrected chi connectivity index (χ0v) is 19.8. The normalized spacial score (nSPS) is 18.0. The summed E-state index contributed by atoms with van der Waals surface area (Å²) in [6, 6.07) is 9.42. The zero-order chi connectivity index (χ0) is 24.2. The molecule has 0 aliphatic carbocycles. The van der Waals surface area contributed by atoms with Crippen LogP contribution in [0.1, 0.15) is 31.2 Å². The van der Waals surface area contributed by atoms with Crippen LogP contribution in [0.15, 0.2) is 30.3 Å². The summed E-state index contributed by atoms with van der Waals surface area (Å²) in [6.07, 6.45) is 4.37. The SMILES string of the molecule is O=C1CCc2ccc(OCCCCN3CCCN(c4ccc(O)c5c4OCC(=O)N5)CC3)cc2N1. The highest BCUT2D eigenvalue weighted by Crippen LogP contribution is 2.43. The molecule has 0 saturated carbocycles. The number of aryl methyl sites for hydroxylation is 1. The third kappa shape index (κ3) is 5.45. The summed E-state index contributed by atoms with van der Waals surface area (Å²) in [5, 5.41) is 15.8. The molecular formula is C26H32N4O5. The molecule has 2 aromatic carbocycles. The van der Waals surface area contributed by atoms with Gasteiger partial charge in [-0.3, -0.25) is 9.59 Å². The zero-order valence-electron chi connectivity index (χ0n) is 19.8. The van der Waals surface area contributed by atoms with Gasteiger partial charge in [0.15, 0.2) is 12.4 Å². The Balaban J connectivity index is 1.08. The number of benzene rings is 2. The largest absolute Gasteiger partial charge is 0.506 e. The molecule has 0 spiro atoms. The van der Waals surface area contributed by atoms with Crippen molar-refractivity contribution in [3.63, 3.8) is 0 Å². The lowest BCUT2D eigenvalue weighted by molar-refractivity contribution is -0.118. The van der Waals surface area contributed by atoms with E-state index in [1.807, 2.05) is 24.3 Å².